The Morgan fingerprint density at radius 2 is 1.86 bits per heavy atom. The van der Waals surface area contributed by atoms with E-state index in [0.717, 1.165) is 18.9 Å². The molecular formula is C20H34N4O4S. The molecule has 0 radical (unpaired) electrons. The smallest absolute Gasteiger partial charge is 0.224 e. The number of hydrogen-bond donors (Lipinski definition) is 2. The van der Waals surface area contributed by atoms with Crippen LogP contribution in [-0.2, 0) is 19.6 Å². The molecule has 0 bridgehead atoms. The number of hydrogen-bond acceptors (Lipinski definition) is 6. The number of ether oxygens (including phenoxy) is 1. The Bertz CT molecular complexity index is 765. The summed E-state index contributed by atoms with van der Waals surface area (Å²) in [6.45, 7) is 11.0. The zero-order chi connectivity index (χ0) is 21.7. The van der Waals surface area contributed by atoms with Gasteiger partial charge in [0.25, 0.3) is 0 Å². The van der Waals surface area contributed by atoms with Crippen molar-refractivity contribution in [2.75, 3.05) is 29.9 Å². The van der Waals surface area contributed by atoms with E-state index in [9.17, 15) is 13.2 Å². The fraction of sp³-hybridized carbons (Fsp3) is 0.700. The molecule has 29 heavy (non-hydrogen) atoms. The first-order valence-corrected chi connectivity index (χ1v) is 11.6. The van der Waals surface area contributed by atoms with E-state index in [1.165, 1.54) is 0 Å². The summed E-state index contributed by atoms with van der Waals surface area (Å²) in [4.78, 5) is 18.7. The average molecular weight is 427 g/mol. The summed E-state index contributed by atoms with van der Waals surface area (Å²) >= 11 is 0. The highest BCUT2D eigenvalue weighted by Gasteiger charge is 2.28. The number of pyridine rings is 1. The third-order valence-electron chi connectivity index (χ3n) is 4.70. The molecule has 1 saturated heterocycles. The lowest BCUT2D eigenvalue weighted by Crippen LogP contribution is -2.45. The lowest BCUT2D eigenvalue weighted by molar-refractivity contribution is -0.116. The number of amides is 1. The Morgan fingerprint density at radius 3 is 2.41 bits per heavy atom. The van der Waals surface area contributed by atoms with Gasteiger partial charge in [0.15, 0.2) is 0 Å². The number of aromatic nitrogens is 1. The summed E-state index contributed by atoms with van der Waals surface area (Å²) in [6, 6.07) is 3.75. The van der Waals surface area contributed by atoms with Crippen molar-refractivity contribution >= 4 is 27.4 Å². The van der Waals surface area contributed by atoms with Crippen LogP contribution in [0.5, 0.6) is 0 Å². The Kier molecular flexibility index (Phi) is 8.02. The summed E-state index contributed by atoms with van der Waals surface area (Å²) in [7, 11) is -3.34. The van der Waals surface area contributed by atoms with Crippen molar-refractivity contribution in [3.8, 4) is 0 Å². The SMILES string of the molecule is CC1CN(c2ccc(NC(=O)CCCCNS(=O)(=O)C(C)(C)C)cn2)CC(C)O1. The monoisotopic (exact) mass is 426 g/mol. The van der Waals surface area contributed by atoms with Crippen LogP contribution in [0.1, 0.15) is 53.9 Å². The maximum Gasteiger partial charge on any atom is 0.224 e. The molecule has 164 valence electrons. The second kappa shape index (κ2) is 9.86. The number of sulfonamides is 1. The van der Waals surface area contributed by atoms with Gasteiger partial charge >= 0.3 is 0 Å². The molecule has 1 aromatic rings. The summed E-state index contributed by atoms with van der Waals surface area (Å²) in [6.07, 6.45) is 3.52. The number of carbonyl (C=O) groups excluding carboxylic acids is 1. The maximum atomic E-state index is 12.1. The number of nitrogens with zero attached hydrogens (tertiary/aromatic N) is 2. The number of unbranched alkanes of at least 4 members (excludes halogenated alkanes) is 1. The van der Waals surface area contributed by atoms with Gasteiger partial charge in [-0.3, -0.25) is 4.79 Å². The van der Waals surface area contributed by atoms with Gasteiger partial charge in [0.1, 0.15) is 5.82 Å². The van der Waals surface area contributed by atoms with Gasteiger partial charge in [-0.25, -0.2) is 18.1 Å². The summed E-state index contributed by atoms with van der Waals surface area (Å²) in [5.41, 5.74) is 0.654. The first-order valence-electron chi connectivity index (χ1n) is 10.1. The molecule has 2 heterocycles. The zero-order valence-electron chi connectivity index (χ0n) is 18.1. The van der Waals surface area contributed by atoms with Crippen molar-refractivity contribution in [3.63, 3.8) is 0 Å². The van der Waals surface area contributed by atoms with Crippen LogP contribution in [0.4, 0.5) is 11.5 Å². The number of nitrogens with one attached hydrogen (secondary N) is 2. The number of rotatable bonds is 8. The molecule has 8 nitrogen and oxygen atoms in total. The minimum atomic E-state index is -3.34. The predicted octanol–water partition coefficient (Wildman–Crippen LogP) is 2.52. The molecule has 0 aliphatic carbocycles. The highest BCUT2D eigenvalue weighted by Crippen LogP contribution is 2.20. The molecule has 0 aromatic carbocycles. The lowest BCUT2D eigenvalue weighted by atomic mass is 10.2. The van der Waals surface area contributed by atoms with Gasteiger partial charge in [0.2, 0.25) is 15.9 Å². The fourth-order valence-electron chi connectivity index (χ4n) is 3.07. The standard InChI is InChI=1S/C20H34N4O4S/c1-15-13-24(14-16(2)28-15)18-10-9-17(12-21-18)23-19(25)8-6-7-11-22-29(26,27)20(3,4)5/h9-10,12,15-16,22H,6-8,11,13-14H2,1-5H3,(H,23,25). The number of morpholine rings is 1. The molecule has 0 spiro atoms. The van der Waals surface area contributed by atoms with Crippen LogP contribution in [0.25, 0.3) is 0 Å². The van der Waals surface area contributed by atoms with Crippen LogP contribution in [0.3, 0.4) is 0 Å². The largest absolute Gasteiger partial charge is 0.372 e. The van der Waals surface area contributed by atoms with Gasteiger partial charge < -0.3 is 15.0 Å². The lowest BCUT2D eigenvalue weighted by Gasteiger charge is -2.36. The highest BCUT2D eigenvalue weighted by molar-refractivity contribution is 7.90. The van der Waals surface area contributed by atoms with Crippen molar-refractivity contribution in [2.24, 2.45) is 0 Å². The van der Waals surface area contributed by atoms with Crippen LogP contribution in [0, 0.1) is 0 Å². The molecule has 1 fully saturated rings. The first-order chi connectivity index (χ1) is 13.5. The van der Waals surface area contributed by atoms with Gasteiger partial charge in [0, 0.05) is 26.1 Å². The van der Waals surface area contributed by atoms with Crippen molar-refractivity contribution in [1.82, 2.24) is 9.71 Å². The number of carbonyl (C=O) groups is 1. The van der Waals surface area contributed by atoms with E-state index >= 15 is 0 Å². The molecule has 1 amide bonds. The molecule has 2 N–H and O–H groups in total. The van der Waals surface area contributed by atoms with Gasteiger partial charge in [-0.05, 0) is 59.6 Å². The van der Waals surface area contributed by atoms with Crippen LogP contribution in [0.2, 0.25) is 0 Å². The Balaban J connectivity index is 1.73. The third kappa shape index (κ3) is 7.24. The second-order valence-corrected chi connectivity index (χ2v) is 11.1. The van der Waals surface area contributed by atoms with Gasteiger partial charge in [0.05, 0.1) is 28.8 Å². The maximum absolute atomic E-state index is 12.1. The number of anilines is 2. The Hall–Kier alpha value is -1.71. The molecule has 2 rings (SSSR count). The van der Waals surface area contributed by atoms with Crippen LogP contribution in [-0.4, -0.2) is 55.9 Å². The van der Waals surface area contributed by atoms with Crippen molar-refractivity contribution in [3.05, 3.63) is 18.3 Å². The minimum Gasteiger partial charge on any atom is -0.372 e. The van der Waals surface area contributed by atoms with Crippen LogP contribution >= 0.6 is 0 Å². The van der Waals surface area contributed by atoms with E-state index in [1.807, 2.05) is 26.0 Å². The summed E-state index contributed by atoms with van der Waals surface area (Å²) in [5, 5.41) is 2.84. The quantitative estimate of drug-likeness (QED) is 0.620. The molecular weight excluding hydrogens is 392 g/mol. The first kappa shape index (κ1) is 23.6. The topological polar surface area (TPSA) is 101 Å². The molecule has 1 aliphatic heterocycles. The van der Waals surface area contributed by atoms with E-state index in [-0.39, 0.29) is 18.1 Å². The molecule has 2 unspecified atom stereocenters. The molecule has 0 saturated carbocycles. The predicted molar refractivity (Wildman–Crippen MR) is 116 cm³/mol. The molecule has 9 heteroatoms. The van der Waals surface area contributed by atoms with Crippen molar-refractivity contribution in [1.29, 1.82) is 0 Å². The van der Waals surface area contributed by atoms with E-state index in [1.54, 1.807) is 27.0 Å². The average Bonchev–Trinajstić information content (AvgIpc) is 2.60. The van der Waals surface area contributed by atoms with Gasteiger partial charge in [-0.15, -0.1) is 0 Å². The van der Waals surface area contributed by atoms with E-state index in [2.05, 4.69) is 19.9 Å². The normalized spacial score (nSPS) is 20.5. The van der Waals surface area contributed by atoms with Gasteiger partial charge in [-0.2, -0.15) is 0 Å². The summed E-state index contributed by atoms with van der Waals surface area (Å²) in [5.74, 6) is 0.767. The zero-order valence-corrected chi connectivity index (χ0v) is 18.9. The van der Waals surface area contributed by atoms with Crippen LogP contribution in [0.15, 0.2) is 18.3 Å². The van der Waals surface area contributed by atoms with E-state index in [0.29, 0.717) is 31.5 Å². The second-order valence-electron chi connectivity index (χ2n) is 8.58. The minimum absolute atomic E-state index is 0.105. The van der Waals surface area contributed by atoms with E-state index in [4.69, 9.17) is 4.74 Å². The third-order valence-corrected chi connectivity index (χ3v) is 6.90. The summed E-state index contributed by atoms with van der Waals surface area (Å²) < 4.78 is 31.4. The molecule has 2 atom stereocenters. The van der Waals surface area contributed by atoms with Crippen molar-refractivity contribution < 1.29 is 17.9 Å². The molecule has 1 aromatic heterocycles. The highest BCUT2D eigenvalue weighted by atomic mass is 32.2. The van der Waals surface area contributed by atoms with E-state index < -0.39 is 14.8 Å². The Morgan fingerprint density at radius 1 is 1.21 bits per heavy atom. The fourth-order valence-corrected chi connectivity index (χ4v) is 3.92. The Labute approximate surface area is 174 Å². The van der Waals surface area contributed by atoms with Gasteiger partial charge in [-0.1, -0.05) is 0 Å². The molecule has 1 aliphatic rings. The van der Waals surface area contributed by atoms with Crippen molar-refractivity contribution in [2.45, 2.75) is 70.8 Å². The van der Waals surface area contributed by atoms with Crippen LogP contribution < -0.4 is 14.9 Å².